The molecule has 0 unspecified atom stereocenters. The summed E-state index contributed by atoms with van der Waals surface area (Å²) in [6, 6.07) is 7.91. The predicted molar refractivity (Wildman–Crippen MR) is 73.0 cm³/mol. The Balaban J connectivity index is 1.63. The van der Waals surface area contributed by atoms with Crippen molar-refractivity contribution in [3.8, 4) is 0 Å². The Bertz CT molecular complexity index is 470. The lowest BCUT2D eigenvalue weighted by Gasteiger charge is -2.24. The van der Waals surface area contributed by atoms with Gasteiger partial charge in [0.15, 0.2) is 0 Å². The molecular formula is C16H22N2. The van der Waals surface area contributed by atoms with Gasteiger partial charge in [0, 0.05) is 24.7 Å². The molecule has 0 bridgehead atoms. The Labute approximate surface area is 109 Å². The molecule has 2 saturated carbocycles. The first-order valence-electron chi connectivity index (χ1n) is 7.40. The molecule has 0 amide bonds. The van der Waals surface area contributed by atoms with Gasteiger partial charge in [0.1, 0.15) is 0 Å². The Morgan fingerprint density at radius 2 is 1.78 bits per heavy atom. The number of hydrogen-bond donors (Lipinski definition) is 1. The molecule has 3 aliphatic rings. The van der Waals surface area contributed by atoms with Crippen molar-refractivity contribution in [1.82, 2.24) is 4.90 Å². The molecule has 1 aliphatic heterocycles. The third kappa shape index (κ3) is 1.70. The molecule has 2 N–H and O–H groups in total. The topological polar surface area (TPSA) is 29.3 Å². The molecule has 2 aliphatic carbocycles. The highest BCUT2D eigenvalue weighted by atomic mass is 15.2. The SMILES string of the molecule is NC1(c2ccc3c(c2)CN(C2CC2)C3)CCCC1. The molecule has 1 heterocycles. The van der Waals surface area contributed by atoms with E-state index in [0.717, 1.165) is 32.0 Å². The van der Waals surface area contributed by atoms with Crippen LogP contribution in [0.3, 0.4) is 0 Å². The summed E-state index contributed by atoms with van der Waals surface area (Å²) in [6.07, 6.45) is 7.73. The van der Waals surface area contributed by atoms with E-state index in [-0.39, 0.29) is 5.54 Å². The molecule has 4 rings (SSSR count). The van der Waals surface area contributed by atoms with Crippen LogP contribution in [0.25, 0.3) is 0 Å². The summed E-state index contributed by atoms with van der Waals surface area (Å²) >= 11 is 0. The van der Waals surface area contributed by atoms with Crippen molar-refractivity contribution in [2.45, 2.75) is 63.2 Å². The third-order valence-corrected chi connectivity index (χ3v) is 5.09. The second-order valence-electron chi connectivity index (χ2n) is 6.48. The summed E-state index contributed by atoms with van der Waals surface area (Å²) in [7, 11) is 0. The van der Waals surface area contributed by atoms with Gasteiger partial charge in [0.25, 0.3) is 0 Å². The lowest BCUT2D eigenvalue weighted by atomic mass is 9.87. The van der Waals surface area contributed by atoms with E-state index < -0.39 is 0 Å². The molecule has 1 aromatic rings. The van der Waals surface area contributed by atoms with Crippen molar-refractivity contribution in [3.05, 3.63) is 34.9 Å². The van der Waals surface area contributed by atoms with Gasteiger partial charge in [-0.25, -0.2) is 0 Å². The summed E-state index contributed by atoms with van der Waals surface area (Å²) in [5, 5.41) is 0. The zero-order valence-electron chi connectivity index (χ0n) is 11.0. The standard InChI is InChI=1S/C16H22N2/c17-16(7-1-2-8-16)14-4-3-12-10-18(15-5-6-15)11-13(12)9-14/h3-4,9,15H,1-2,5-8,10-11,17H2. The zero-order valence-corrected chi connectivity index (χ0v) is 11.0. The van der Waals surface area contributed by atoms with Crippen LogP contribution in [-0.4, -0.2) is 10.9 Å². The lowest BCUT2D eigenvalue weighted by molar-refractivity contribution is 0.273. The van der Waals surface area contributed by atoms with Gasteiger partial charge >= 0.3 is 0 Å². The van der Waals surface area contributed by atoms with Crippen LogP contribution in [0, 0.1) is 0 Å². The minimum Gasteiger partial charge on any atom is -0.321 e. The van der Waals surface area contributed by atoms with Gasteiger partial charge in [-0.15, -0.1) is 0 Å². The van der Waals surface area contributed by atoms with E-state index in [0.29, 0.717) is 0 Å². The first-order chi connectivity index (χ1) is 8.74. The molecular weight excluding hydrogens is 220 g/mol. The molecule has 0 saturated heterocycles. The van der Waals surface area contributed by atoms with Gasteiger partial charge in [-0.1, -0.05) is 31.0 Å². The first kappa shape index (κ1) is 11.0. The molecule has 1 aromatic carbocycles. The van der Waals surface area contributed by atoms with Crippen molar-refractivity contribution >= 4 is 0 Å². The van der Waals surface area contributed by atoms with Gasteiger partial charge in [-0.3, -0.25) is 4.90 Å². The minimum absolute atomic E-state index is 0.0258. The second kappa shape index (κ2) is 3.82. The van der Waals surface area contributed by atoms with E-state index in [1.807, 2.05) is 0 Å². The van der Waals surface area contributed by atoms with Crippen molar-refractivity contribution in [2.24, 2.45) is 5.73 Å². The summed E-state index contributed by atoms with van der Waals surface area (Å²) < 4.78 is 0. The quantitative estimate of drug-likeness (QED) is 0.864. The molecule has 2 fully saturated rings. The number of nitrogens with zero attached hydrogens (tertiary/aromatic N) is 1. The van der Waals surface area contributed by atoms with E-state index in [1.165, 1.54) is 42.4 Å². The fourth-order valence-electron chi connectivity index (χ4n) is 3.72. The molecule has 0 aromatic heterocycles. The maximum atomic E-state index is 6.57. The average Bonchev–Trinajstić information content (AvgIpc) is 2.99. The molecule has 2 nitrogen and oxygen atoms in total. The van der Waals surface area contributed by atoms with Gasteiger partial charge < -0.3 is 5.73 Å². The molecule has 96 valence electrons. The highest BCUT2D eigenvalue weighted by molar-refractivity contribution is 5.38. The van der Waals surface area contributed by atoms with Crippen LogP contribution < -0.4 is 5.73 Å². The maximum absolute atomic E-state index is 6.57. The summed E-state index contributed by atoms with van der Waals surface area (Å²) in [5.74, 6) is 0. The largest absolute Gasteiger partial charge is 0.321 e. The van der Waals surface area contributed by atoms with Gasteiger partial charge in [-0.2, -0.15) is 0 Å². The van der Waals surface area contributed by atoms with E-state index in [1.54, 1.807) is 0 Å². The second-order valence-corrected chi connectivity index (χ2v) is 6.48. The van der Waals surface area contributed by atoms with Gasteiger partial charge in [-0.05, 0) is 42.4 Å². The maximum Gasteiger partial charge on any atom is 0.0409 e. The molecule has 0 atom stereocenters. The highest BCUT2D eigenvalue weighted by Gasteiger charge is 2.35. The average molecular weight is 242 g/mol. The summed E-state index contributed by atoms with van der Waals surface area (Å²) in [6.45, 7) is 2.32. The van der Waals surface area contributed by atoms with Crippen LogP contribution in [-0.2, 0) is 18.6 Å². The van der Waals surface area contributed by atoms with Crippen LogP contribution in [0.5, 0.6) is 0 Å². The van der Waals surface area contributed by atoms with Crippen LogP contribution in [0.2, 0.25) is 0 Å². The first-order valence-corrected chi connectivity index (χ1v) is 7.40. The van der Waals surface area contributed by atoms with Crippen molar-refractivity contribution in [2.75, 3.05) is 0 Å². The smallest absolute Gasteiger partial charge is 0.0409 e. The normalized spacial score (nSPS) is 26.5. The third-order valence-electron chi connectivity index (χ3n) is 5.09. The number of rotatable bonds is 2. The number of nitrogens with two attached hydrogens (primary N) is 1. The van der Waals surface area contributed by atoms with Crippen LogP contribution in [0.1, 0.15) is 55.2 Å². The number of fused-ring (bicyclic) bond motifs is 1. The summed E-state index contributed by atoms with van der Waals surface area (Å²) in [5.41, 5.74) is 11.0. The number of hydrogen-bond acceptors (Lipinski definition) is 2. The summed E-state index contributed by atoms with van der Waals surface area (Å²) in [4.78, 5) is 2.63. The zero-order chi connectivity index (χ0) is 12.2. The molecule has 18 heavy (non-hydrogen) atoms. The van der Waals surface area contributed by atoms with Crippen molar-refractivity contribution < 1.29 is 0 Å². The van der Waals surface area contributed by atoms with Crippen LogP contribution >= 0.6 is 0 Å². The van der Waals surface area contributed by atoms with E-state index >= 15 is 0 Å². The Morgan fingerprint density at radius 1 is 1.06 bits per heavy atom. The van der Waals surface area contributed by atoms with Crippen molar-refractivity contribution in [1.29, 1.82) is 0 Å². The van der Waals surface area contributed by atoms with Crippen LogP contribution in [0.4, 0.5) is 0 Å². The van der Waals surface area contributed by atoms with Crippen molar-refractivity contribution in [3.63, 3.8) is 0 Å². The van der Waals surface area contributed by atoms with E-state index in [4.69, 9.17) is 5.73 Å². The minimum atomic E-state index is -0.0258. The highest BCUT2D eigenvalue weighted by Crippen LogP contribution is 2.39. The van der Waals surface area contributed by atoms with Gasteiger partial charge in [0.2, 0.25) is 0 Å². The molecule has 0 radical (unpaired) electrons. The Kier molecular flexibility index (Phi) is 2.33. The fourth-order valence-corrected chi connectivity index (χ4v) is 3.72. The fraction of sp³-hybridized carbons (Fsp3) is 0.625. The molecule has 0 spiro atoms. The van der Waals surface area contributed by atoms with Crippen LogP contribution in [0.15, 0.2) is 18.2 Å². The molecule has 2 heteroatoms. The number of benzene rings is 1. The predicted octanol–water partition coefficient (Wildman–Crippen LogP) is 2.89. The Morgan fingerprint density at radius 3 is 2.50 bits per heavy atom. The van der Waals surface area contributed by atoms with E-state index in [9.17, 15) is 0 Å². The monoisotopic (exact) mass is 242 g/mol. The Hall–Kier alpha value is -0.860. The van der Waals surface area contributed by atoms with Gasteiger partial charge in [0.05, 0.1) is 0 Å². The lowest BCUT2D eigenvalue weighted by Crippen LogP contribution is -2.33. The van der Waals surface area contributed by atoms with E-state index in [2.05, 4.69) is 23.1 Å².